The number of nitrogens with one attached hydrogen (secondary N) is 1. The van der Waals surface area contributed by atoms with Crippen LogP contribution in [0.3, 0.4) is 0 Å². The number of hydrogen-bond donors (Lipinski definition) is 2. The molecule has 2 bridgehead atoms. The van der Waals surface area contributed by atoms with Crippen molar-refractivity contribution in [2.45, 2.75) is 50.1 Å². The Hall–Kier alpha value is -3.13. The van der Waals surface area contributed by atoms with Crippen molar-refractivity contribution >= 4 is 5.57 Å². The zero-order valence-corrected chi connectivity index (χ0v) is 18.0. The number of rotatable bonds is 4. The molecule has 5 rings (SSSR count). The van der Waals surface area contributed by atoms with Gasteiger partial charge in [-0.25, -0.2) is 13.8 Å². The van der Waals surface area contributed by atoms with Gasteiger partial charge in [0.1, 0.15) is 18.1 Å². The zero-order valence-electron chi connectivity index (χ0n) is 18.0. The fraction of sp³-hybridized carbons (Fsp3) is 0.375. The third-order valence-electron chi connectivity index (χ3n) is 6.97. The number of fused-ring (bicyclic) bond motifs is 2. The average Bonchev–Trinajstić information content (AvgIpc) is 3.37. The van der Waals surface area contributed by atoms with E-state index >= 15 is 4.39 Å². The van der Waals surface area contributed by atoms with Crippen molar-refractivity contribution in [3.8, 4) is 22.7 Å². The minimum absolute atomic E-state index is 0.0608. The molecule has 0 spiro atoms. The summed E-state index contributed by atoms with van der Waals surface area (Å²) >= 11 is 0. The highest BCUT2D eigenvalue weighted by molar-refractivity contribution is 5.70. The second-order valence-corrected chi connectivity index (χ2v) is 9.34. The molecule has 2 aliphatic rings. The van der Waals surface area contributed by atoms with Crippen LogP contribution in [-0.4, -0.2) is 48.3 Å². The largest absolute Gasteiger partial charge is 0.507 e. The van der Waals surface area contributed by atoms with E-state index in [9.17, 15) is 9.50 Å². The van der Waals surface area contributed by atoms with E-state index in [4.69, 9.17) is 0 Å². The van der Waals surface area contributed by atoms with Crippen LogP contribution in [0.2, 0.25) is 0 Å². The molecule has 2 saturated heterocycles. The minimum atomic E-state index is -1.27. The second-order valence-electron chi connectivity index (χ2n) is 9.34. The molecule has 0 amide bonds. The third kappa shape index (κ3) is 3.21. The molecule has 32 heavy (non-hydrogen) atoms. The van der Waals surface area contributed by atoms with Crippen LogP contribution in [0.25, 0.3) is 22.5 Å². The van der Waals surface area contributed by atoms with E-state index in [2.05, 4.69) is 27.1 Å². The fourth-order valence-corrected chi connectivity index (χ4v) is 5.19. The number of allylic oxidation sites excluding steroid dienone is 1. The predicted octanol–water partition coefficient (Wildman–Crippen LogP) is 4.25. The van der Waals surface area contributed by atoms with E-state index in [-0.39, 0.29) is 12.2 Å². The summed E-state index contributed by atoms with van der Waals surface area (Å²) in [7, 11) is 0. The molecule has 0 unspecified atom stereocenters. The topological polar surface area (TPSA) is 75.9 Å². The number of phenols is 1. The number of aromatic nitrogens is 4. The number of halogens is 2. The van der Waals surface area contributed by atoms with Crippen molar-refractivity contribution in [2.24, 2.45) is 5.92 Å². The Morgan fingerprint density at radius 3 is 2.62 bits per heavy atom. The van der Waals surface area contributed by atoms with Gasteiger partial charge in [0.25, 0.3) is 0 Å². The van der Waals surface area contributed by atoms with Crippen LogP contribution in [-0.2, 0) is 0 Å². The lowest BCUT2D eigenvalue weighted by Crippen LogP contribution is -2.61. The maximum absolute atomic E-state index is 15.4. The summed E-state index contributed by atoms with van der Waals surface area (Å²) in [5.74, 6) is -0.485. The molecule has 4 heterocycles. The number of phenolic OH excluding ortho intramolecular Hbond substituents is 1. The van der Waals surface area contributed by atoms with Crippen LogP contribution in [0, 0.1) is 5.92 Å². The minimum Gasteiger partial charge on any atom is -0.507 e. The lowest BCUT2D eigenvalue weighted by molar-refractivity contribution is 0.0708. The van der Waals surface area contributed by atoms with Gasteiger partial charge in [-0.1, -0.05) is 6.58 Å². The fourth-order valence-electron chi connectivity index (χ4n) is 5.19. The van der Waals surface area contributed by atoms with Gasteiger partial charge in [0.2, 0.25) is 0 Å². The van der Waals surface area contributed by atoms with Gasteiger partial charge in [0.15, 0.2) is 0 Å². The number of aromatic hydroxyl groups is 1. The Balaban J connectivity index is 1.39. The molecular weight excluding hydrogens is 412 g/mol. The molecule has 1 aromatic carbocycles. The first-order valence-corrected chi connectivity index (χ1v) is 10.6. The molecule has 2 aromatic heterocycles. The van der Waals surface area contributed by atoms with Crippen molar-refractivity contribution in [3.05, 3.63) is 61.3 Å². The van der Waals surface area contributed by atoms with E-state index in [0.29, 0.717) is 28.9 Å². The maximum Gasteiger partial charge on any atom is 0.127 e. The van der Waals surface area contributed by atoms with Crippen molar-refractivity contribution in [1.82, 2.24) is 25.1 Å². The molecule has 0 saturated carbocycles. The summed E-state index contributed by atoms with van der Waals surface area (Å²) in [4.78, 5) is 4.00. The van der Waals surface area contributed by atoms with E-state index in [1.54, 1.807) is 61.4 Å². The number of alkyl halides is 2. The molecule has 2 aliphatic heterocycles. The SMILES string of the molecule is C=C(c1ccc(-c2ccc(-n3ccnc3)cc2O)nn1)[C@@H]1C[C@]2(C)N[C@@](C)(C[C@H]2F)[C@H]1F. The predicted molar refractivity (Wildman–Crippen MR) is 118 cm³/mol. The number of imidazole rings is 1. The summed E-state index contributed by atoms with van der Waals surface area (Å²) in [6, 6.07) is 8.68. The summed E-state index contributed by atoms with van der Waals surface area (Å²) in [5.41, 5.74) is 1.08. The smallest absolute Gasteiger partial charge is 0.127 e. The molecule has 8 heteroatoms. The summed E-state index contributed by atoms with van der Waals surface area (Å²) in [6.07, 6.45) is 3.16. The van der Waals surface area contributed by atoms with Gasteiger partial charge in [0, 0.05) is 41.9 Å². The van der Waals surface area contributed by atoms with Crippen molar-refractivity contribution < 1.29 is 13.9 Å². The van der Waals surface area contributed by atoms with Gasteiger partial charge in [0.05, 0.1) is 28.9 Å². The van der Waals surface area contributed by atoms with Crippen LogP contribution in [0.15, 0.2) is 55.6 Å². The Morgan fingerprint density at radius 2 is 1.97 bits per heavy atom. The van der Waals surface area contributed by atoms with Crippen molar-refractivity contribution in [3.63, 3.8) is 0 Å². The van der Waals surface area contributed by atoms with E-state index in [0.717, 1.165) is 5.69 Å². The molecule has 2 fully saturated rings. The van der Waals surface area contributed by atoms with Gasteiger partial charge in [-0.2, -0.15) is 5.10 Å². The van der Waals surface area contributed by atoms with Gasteiger partial charge in [-0.05, 0) is 50.1 Å². The van der Waals surface area contributed by atoms with Gasteiger partial charge in [-0.15, -0.1) is 5.10 Å². The van der Waals surface area contributed by atoms with Crippen molar-refractivity contribution in [2.75, 3.05) is 0 Å². The highest BCUT2D eigenvalue weighted by atomic mass is 19.1. The second kappa shape index (κ2) is 7.20. The highest BCUT2D eigenvalue weighted by Gasteiger charge is 2.60. The van der Waals surface area contributed by atoms with Crippen LogP contribution < -0.4 is 5.32 Å². The Labute approximate surface area is 185 Å². The van der Waals surface area contributed by atoms with E-state index in [1.165, 1.54) is 0 Å². The van der Waals surface area contributed by atoms with Gasteiger partial charge in [-0.3, -0.25) is 0 Å². The van der Waals surface area contributed by atoms with Gasteiger partial charge < -0.3 is 15.0 Å². The molecule has 5 atom stereocenters. The third-order valence-corrected chi connectivity index (χ3v) is 6.97. The standard InChI is InChI=1S/C24H25F2N5O/c1-14(17-11-23(2)21(25)12-24(3,30-23)22(17)26)18-6-7-19(29-28-18)16-5-4-15(10-20(16)32)31-9-8-27-13-31/h4-10,13,17,21-22,30,32H,1,11-12H2,2-3H3/t17-,21+,22-,23-,24-/m0/s1. The lowest BCUT2D eigenvalue weighted by Gasteiger charge is -2.44. The quantitative estimate of drug-likeness (QED) is 0.638. The normalized spacial score (nSPS) is 31.6. The summed E-state index contributed by atoms with van der Waals surface area (Å²) in [5, 5.41) is 22.2. The average molecular weight is 437 g/mol. The molecule has 6 nitrogen and oxygen atoms in total. The maximum atomic E-state index is 15.4. The monoisotopic (exact) mass is 437 g/mol. The molecule has 3 aromatic rings. The summed E-state index contributed by atoms with van der Waals surface area (Å²) in [6.45, 7) is 7.63. The highest BCUT2D eigenvalue weighted by Crippen LogP contribution is 2.50. The first-order chi connectivity index (χ1) is 15.2. The molecule has 166 valence electrons. The van der Waals surface area contributed by atoms with E-state index in [1.807, 2.05) is 6.07 Å². The van der Waals surface area contributed by atoms with E-state index < -0.39 is 29.3 Å². The number of nitrogens with zero attached hydrogens (tertiary/aromatic N) is 4. The van der Waals surface area contributed by atoms with Gasteiger partial charge >= 0.3 is 0 Å². The first kappa shape index (κ1) is 20.8. The molecular formula is C24H25F2N5O. The lowest BCUT2D eigenvalue weighted by atomic mass is 9.74. The van der Waals surface area contributed by atoms with Crippen LogP contribution in [0.4, 0.5) is 8.78 Å². The Kier molecular flexibility index (Phi) is 4.67. The molecule has 0 aliphatic carbocycles. The number of piperidine rings is 1. The van der Waals surface area contributed by atoms with Crippen molar-refractivity contribution in [1.29, 1.82) is 0 Å². The Morgan fingerprint density at radius 1 is 1.16 bits per heavy atom. The van der Waals surface area contributed by atoms with Crippen LogP contribution >= 0.6 is 0 Å². The first-order valence-electron chi connectivity index (χ1n) is 10.6. The number of benzene rings is 1. The summed E-state index contributed by atoms with van der Waals surface area (Å²) < 4.78 is 31.8. The molecule has 0 radical (unpaired) electrons. The Bertz CT molecular complexity index is 1170. The number of hydrogen-bond acceptors (Lipinski definition) is 5. The van der Waals surface area contributed by atoms with Crippen LogP contribution in [0.5, 0.6) is 5.75 Å². The zero-order chi connectivity index (χ0) is 22.7. The van der Waals surface area contributed by atoms with Crippen LogP contribution in [0.1, 0.15) is 32.4 Å². The molecule has 2 N–H and O–H groups in total.